The van der Waals surface area contributed by atoms with Crippen LogP contribution < -0.4 is 0 Å². The van der Waals surface area contributed by atoms with Crippen LogP contribution in [0.25, 0.3) is 0 Å². The molecule has 0 amide bonds. The van der Waals surface area contributed by atoms with Gasteiger partial charge in [0, 0.05) is 7.11 Å². The van der Waals surface area contributed by atoms with E-state index >= 15 is 0 Å². The molecule has 0 unspecified atom stereocenters. The van der Waals surface area contributed by atoms with E-state index in [-0.39, 0.29) is 5.60 Å². The van der Waals surface area contributed by atoms with Crippen LogP contribution >= 0.6 is 0 Å². The molecule has 1 aromatic carbocycles. The van der Waals surface area contributed by atoms with Gasteiger partial charge in [0.2, 0.25) is 0 Å². The van der Waals surface area contributed by atoms with Gasteiger partial charge in [0.05, 0.1) is 5.60 Å². The third-order valence-electron chi connectivity index (χ3n) is 4.84. The van der Waals surface area contributed by atoms with Gasteiger partial charge in [0.15, 0.2) is 0 Å². The lowest BCUT2D eigenvalue weighted by Crippen LogP contribution is -2.34. The number of benzene rings is 1. The van der Waals surface area contributed by atoms with E-state index in [2.05, 4.69) is 31.2 Å². The Morgan fingerprint density at radius 2 is 1.62 bits per heavy atom. The average molecular weight is 216 g/mol. The predicted molar refractivity (Wildman–Crippen MR) is 65.3 cm³/mol. The number of fused-ring (bicyclic) bond motifs is 2. The molecule has 0 saturated heterocycles. The summed E-state index contributed by atoms with van der Waals surface area (Å²) in [5, 5.41) is 0. The van der Waals surface area contributed by atoms with Gasteiger partial charge < -0.3 is 4.74 Å². The Morgan fingerprint density at radius 1 is 1.06 bits per heavy atom. The highest BCUT2D eigenvalue weighted by atomic mass is 16.5. The van der Waals surface area contributed by atoms with E-state index < -0.39 is 0 Å². The maximum Gasteiger partial charge on any atom is 0.0986 e. The van der Waals surface area contributed by atoms with Crippen LogP contribution in [0, 0.1) is 18.8 Å². The Balaban J connectivity index is 2.13. The van der Waals surface area contributed by atoms with Crippen LogP contribution in [0.1, 0.15) is 36.8 Å². The molecule has 3 rings (SSSR count). The minimum atomic E-state index is 0.0470. The van der Waals surface area contributed by atoms with Gasteiger partial charge in [-0.05, 0) is 55.6 Å². The monoisotopic (exact) mass is 216 g/mol. The molecule has 0 spiro atoms. The third-order valence-corrected chi connectivity index (χ3v) is 4.84. The zero-order valence-corrected chi connectivity index (χ0v) is 10.2. The molecule has 2 aliphatic carbocycles. The van der Waals surface area contributed by atoms with Crippen molar-refractivity contribution in [2.75, 3.05) is 7.11 Å². The van der Waals surface area contributed by atoms with E-state index in [0.29, 0.717) is 0 Å². The molecule has 2 saturated carbocycles. The molecule has 0 aliphatic heterocycles. The fourth-order valence-corrected chi connectivity index (χ4v) is 4.18. The summed E-state index contributed by atoms with van der Waals surface area (Å²) in [6, 6.07) is 8.77. The van der Waals surface area contributed by atoms with Crippen molar-refractivity contribution in [1.29, 1.82) is 0 Å². The van der Waals surface area contributed by atoms with Crippen LogP contribution in [0.4, 0.5) is 0 Å². The van der Waals surface area contributed by atoms with Crippen LogP contribution in [0.2, 0.25) is 0 Å². The fraction of sp³-hybridized carbons (Fsp3) is 0.600. The summed E-state index contributed by atoms with van der Waals surface area (Å²) in [7, 11) is 1.91. The first kappa shape index (κ1) is 10.3. The van der Waals surface area contributed by atoms with Crippen molar-refractivity contribution in [3.8, 4) is 0 Å². The molecule has 1 nitrogen and oxygen atoms in total. The minimum Gasteiger partial charge on any atom is -0.373 e. The molecule has 2 fully saturated rings. The number of methoxy groups -OCH3 is 1. The number of hydrogen-bond donors (Lipinski definition) is 0. The first-order valence-electron chi connectivity index (χ1n) is 6.40. The average Bonchev–Trinajstić information content (AvgIpc) is 2.85. The van der Waals surface area contributed by atoms with Gasteiger partial charge >= 0.3 is 0 Å². The lowest BCUT2D eigenvalue weighted by molar-refractivity contribution is -0.0548. The molecule has 0 heterocycles. The van der Waals surface area contributed by atoms with E-state index in [9.17, 15) is 0 Å². The lowest BCUT2D eigenvalue weighted by atomic mass is 9.81. The normalized spacial score (nSPS) is 36.9. The molecule has 1 aromatic rings. The molecule has 0 aromatic heterocycles. The summed E-state index contributed by atoms with van der Waals surface area (Å²) >= 11 is 0. The van der Waals surface area contributed by atoms with E-state index in [0.717, 1.165) is 11.8 Å². The molecule has 2 bridgehead atoms. The van der Waals surface area contributed by atoms with Crippen molar-refractivity contribution in [2.45, 2.75) is 38.2 Å². The van der Waals surface area contributed by atoms with Crippen molar-refractivity contribution in [3.63, 3.8) is 0 Å². The van der Waals surface area contributed by atoms with Crippen molar-refractivity contribution in [1.82, 2.24) is 0 Å². The Bertz CT molecular complexity index is 376. The minimum absolute atomic E-state index is 0.0470. The second-order valence-electron chi connectivity index (χ2n) is 5.36. The fourth-order valence-electron chi connectivity index (χ4n) is 4.18. The van der Waals surface area contributed by atoms with Crippen LogP contribution in [0.15, 0.2) is 24.3 Å². The summed E-state index contributed by atoms with van der Waals surface area (Å²) in [6.07, 6.45) is 5.42. The van der Waals surface area contributed by atoms with Crippen molar-refractivity contribution in [3.05, 3.63) is 35.4 Å². The largest absolute Gasteiger partial charge is 0.373 e. The van der Waals surface area contributed by atoms with E-state index in [1.807, 2.05) is 7.11 Å². The summed E-state index contributed by atoms with van der Waals surface area (Å²) in [5.74, 6) is 1.51. The Labute approximate surface area is 97.8 Å². The predicted octanol–water partition coefficient (Wildman–Crippen LogP) is 3.66. The van der Waals surface area contributed by atoms with Crippen LogP contribution in [-0.4, -0.2) is 7.11 Å². The number of ether oxygens (including phenoxy) is 1. The first-order valence-corrected chi connectivity index (χ1v) is 6.40. The Hall–Kier alpha value is -0.820. The van der Waals surface area contributed by atoms with Gasteiger partial charge in [-0.15, -0.1) is 0 Å². The highest BCUT2D eigenvalue weighted by molar-refractivity contribution is 5.35. The summed E-state index contributed by atoms with van der Waals surface area (Å²) < 4.78 is 6.05. The molecule has 0 N–H and O–H groups in total. The van der Waals surface area contributed by atoms with Gasteiger partial charge in [-0.2, -0.15) is 0 Å². The Kier molecular flexibility index (Phi) is 2.32. The molecule has 0 atom stereocenters. The summed E-state index contributed by atoms with van der Waals surface area (Å²) in [5.41, 5.74) is 2.89. The highest BCUT2D eigenvalue weighted by Crippen LogP contribution is 2.59. The quantitative estimate of drug-likeness (QED) is 0.733. The smallest absolute Gasteiger partial charge is 0.0986 e. The Morgan fingerprint density at radius 3 is 2.12 bits per heavy atom. The maximum atomic E-state index is 6.05. The van der Waals surface area contributed by atoms with Gasteiger partial charge in [-0.3, -0.25) is 0 Å². The van der Waals surface area contributed by atoms with Crippen molar-refractivity contribution >= 4 is 0 Å². The van der Waals surface area contributed by atoms with E-state index in [1.54, 1.807) is 0 Å². The maximum absolute atomic E-state index is 6.05. The second-order valence-corrected chi connectivity index (χ2v) is 5.36. The molecular weight excluding hydrogens is 196 g/mol. The number of hydrogen-bond acceptors (Lipinski definition) is 1. The van der Waals surface area contributed by atoms with Crippen molar-refractivity contribution < 1.29 is 4.74 Å². The zero-order chi connectivity index (χ0) is 11.2. The first-order chi connectivity index (χ1) is 7.79. The van der Waals surface area contributed by atoms with Gasteiger partial charge in [-0.1, -0.05) is 24.3 Å². The molecular formula is C15H20O. The topological polar surface area (TPSA) is 9.23 Å². The highest BCUT2D eigenvalue weighted by Gasteiger charge is 2.56. The van der Waals surface area contributed by atoms with Crippen LogP contribution in [0.5, 0.6) is 0 Å². The molecule has 86 valence electrons. The van der Waals surface area contributed by atoms with E-state index in [1.165, 1.54) is 36.8 Å². The lowest BCUT2D eigenvalue weighted by Gasteiger charge is -2.35. The molecule has 1 heteroatoms. The van der Waals surface area contributed by atoms with Crippen LogP contribution in [0.3, 0.4) is 0 Å². The SMILES string of the molecule is COC1(c2ccccc2C)C2CCC1CC2. The standard InChI is InChI=1S/C15H20O/c1-11-5-3-4-6-14(11)15(16-2)12-7-8-13(15)10-9-12/h3-6,12-13H,7-10H2,1-2H3. The molecule has 0 radical (unpaired) electrons. The van der Waals surface area contributed by atoms with Crippen molar-refractivity contribution in [2.24, 2.45) is 11.8 Å². The third kappa shape index (κ3) is 1.15. The van der Waals surface area contributed by atoms with E-state index in [4.69, 9.17) is 4.74 Å². The van der Waals surface area contributed by atoms with Crippen LogP contribution in [-0.2, 0) is 10.3 Å². The van der Waals surface area contributed by atoms with Gasteiger partial charge in [0.25, 0.3) is 0 Å². The molecule has 2 aliphatic rings. The van der Waals surface area contributed by atoms with Gasteiger partial charge in [0.1, 0.15) is 0 Å². The summed E-state index contributed by atoms with van der Waals surface area (Å²) in [6.45, 7) is 2.22. The number of aryl methyl sites for hydroxylation is 1. The molecule has 16 heavy (non-hydrogen) atoms. The zero-order valence-electron chi connectivity index (χ0n) is 10.2. The summed E-state index contributed by atoms with van der Waals surface area (Å²) in [4.78, 5) is 0. The second kappa shape index (κ2) is 3.59. The number of rotatable bonds is 2. The van der Waals surface area contributed by atoms with Gasteiger partial charge in [-0.25, -0.2) is 0 Å².